The molecule has 0 saturated carbocycles. The molecule has 1 aromatic rings. The van der Waals surface area contributed by atoms with Gasteiger partial charge in [-0.1, -0.05) is 32.4 Å². The number of nitrogens with one attached hydrogen (secondary N) is 1. The minimum Gasteiger partial charge on any atom is -0.208 e. The first kappa shape index (κ1) is 16.7. The maximum absolute atomic E-state index is 12.2. The highest BCUT2D eigenvalue weighted by atomic mass is 32.2. The summed E-state index contributed by atoms with van der Waals surface area (Å²) in [6.45, 7) is 6.09. The number of hydrogen-bond acceptors (Lipinski definition) is 3. The lowest BCUT2D eigenvalue weighted by Crippen LogP contribution is -2.33. The lowest BCUT2D eigenvalue weighted by molar-refractivity contribution is 0.445. The van der Waals surface area contributed by atoms with E-state index in [9.17, 15) is 8.42 Å². The van der Waals surface area contributed by atoms with Crippen molar-refractivity contribution in [2.45, 2.75) is 51.0 Å². The molecule has 1 rings (SSSR count). The smallest absolute Gasteiger partial charge is 0.208 e. The summed E-state index contributed by atoms with van der Waals surface area (Å²) in [5.74, 6) is 0.491. The van der Waals surface area contributed by atoms with Crippen molar-refractivity contribution in [1.82, 2.24) is 4.72 Å². The Hall–Kier alpha value is -1.38. The fourth-order valence-electron chi connectivity index (χ4n) is 2.03. The minimum atomic E-state index is -3.48. The van der Waals surface area contributed by atoms with Crippen LogP contribution in [0.1, 0.15) is 39.2 Å². The van der Waals surface area contributed by atoms with Gasteiger partial charge >= 0.3 is 0 Å². The summed E-state index contributed by atoms with van der Waals surface area (Å²) in [6, 6.07) is 8.40. The number of nitriles is 1. The summed E-state index contributed by atoms with van der Waals surface area (Å²) in [6.07, 6.45) is 2.15. The van der Waals surface area contributed by atoms with Crippen molar-refractivity contribution in [3.05, 3.63) is 29.8 Å². The van der Waals surface area contributed by atoms with Crippen LogP contribution in [-0.4, -0.2) is 14.5 Å². The van der Waals surface area contributed by atoms with Gasteiger partial charge in [0.25, 0.3) is 0 Å². The molecule has 0 bridgehead atoms. The number of rotatable bonds is 7. The highest BCUT2D eigenvalue weighted by Crippen LogP contribution is 2.14. The maximum Gasteiger partial charge on any atom is 0.240 e. The molecule has 5 heteroatoms. The molecule has 0 aliphatic rings. The molecule has 0 aromatic heterocycles. The van der Waals surface area contributed by atoms with Crippen LogP contribution in [0.25, 0.3) is 0 Å². The molecule has 0 aliphatic carbocycles. The molecular weight excluding hydrogens is 272 g/mol. The summed E-state index contributed by atoms with van der Waals surface area (Å²) in [4.78, 5) is 0.246. The monoisotopic (exact) mass is 294 g/mol. The van der Waals surface area contributed by atoms with Gasteiger partial charge in [-0.3, -0.25) is 0 Å². The molecule has 1 N–H and O–H groups in total. The molecule has 0 spiro atoms. The maximum atomic E-state index is 12.2. The second-order valence-corrected chi connectivity index (χ2v) is 6.96. The first-order valence-electron chi connectivity index (χ1n) is 6.87. The zero-order valence-electron chi connectivity index (χ0n) is 12.3. The van der Waals surface area contributed by atoms with Crippen LogP contribution in [0.5, 0.6) is 0 Å². The van der Waals surface area contributed by atoms with Gasteiger partial charge < -0.3 is 0 Å². The highest BCUT2D eigenvalue weighted by molar-refractivity contribution is 7.89. The van der Waals surface area contributed by atoms with Crippen LogP contribution in [0, 0.1) is 17.2 Å². The minimum absolute atomic E-state index is 0.0891. The number of hydrogen-bond donors (Lipinski definition) is 1. The molecule has 2 unspecified atom stereocenters. The number of sulfonamides is 1. The van der Waals surface area contributed by atoms with E-state index in [1.807, 2.05) is 13.0 Å². The molecule has 0 radical (unpaired) electrons. The van der Waals surface area contributed by atoms with E-state index in [4.69, 9.17) is 5.26 Å². The quantitative estimate of drug-likeness (QED) is 0.840. The molecule has 0 aliphatic heterocycles. The summed E-state index contributed by atoms with van der Waals surface area (Å²) >= 11 is 0. The van der Waals surface area contributed by atoms with E-state index in [2.05, 4.69) is 18.6 Å². The average Bonchev–Trinajstić information content (AvgIpc) is 2.38. The number of nitrogens with zero attached hydrogens (tertiary/aromatic N) is 1. The van der Waals surface area contributed by atoms with Crippen molar-refractivity contribution in [2.24, 2.45) is 5.92 Å². The van der Waals surface area contributed by atoms with Gasteiger partial charge in [0.1, 0.15) is 0 Å². The molecule has 0 amide bonds. The molecule has 2 atom stereocenters. The first-order chi connectivity index (χ1) is 9.39. The van der Waals surface area contributed by atoms with Crippen LogP contribution in [0.15, 0.2) is 29.2 Å². The molecule has 4 nitrogen and oxygen atoms in total. The normalized spacial score (nSPS) is 14.5. The number of benzene rings is 1. The van der Waals surface area contributed by atoms with E-state index in [0.29, 0.717) is 5.92 Å². The predicted molar refractivity (Wildman–Crippen MR) is 79.6 cm³/mol. The van der Waals surface area contributed by atoms with E-state index >= 15 is 0 Å². The fraction of sp³-hybridized carbons (Fsp3) is 0.533. The van der Waals surface area contributed by atoms with Crippen molar-refractivity contribution in [1.29, 1.82) is 5.26 Å². The second kappa shape index (κ2) is 7.41. The molecule has 0 saturated heterocycles. The Morgan fingerprint density at radius 3 is 2.35 bits per heavy atom. The molecule has 0 heterocycles. The van der Waals surface area contributed by atoms with Gasteiger partial charge in [0.05, 0.1) is 17.4 Å². The molecule has 110 valence electrons. The molecular formula is C15H22N2O2S. The Balaban J connectivity index is 2.76. The van der Waals surface area contributed by atoms with Gasteiger partial charge in [0.2, 0.25) is 10.0 Å². The van der Waals surface area contributed by atoms with E-state index in [0.717, 1.165) is 18.4 Å². The molecule has 1 aromatic carbocycles. The van der Waals surface area contributed by atoms with Crippen LogP contribution in [0.3, 0.4) is 0 Å². The zero-order chi connectivity index (χ0) is 15.2. The van der Waals surface area contributed by atoms with Crippen molar-refractivity contribution < 1.29 is 8.42 Å². The van der Waals surface area contributed by atoms with Crippen LogP contribution < -0.4 is 4.72 Å². The van der Waals surface area contributed by atoms with Gasteiger partial charge in [-0.05, 0) is 37.0 Å². The summed E-state index contributed by atoms with van der Waals surface area (Å²) < 4.78 is 27.1. The largest absolute Gasteiger partial charge is 0.240 e. The Morgan fingerprint density at radius 1 is 1.25 bits per heavy atom. The van der Waals surface area contributed by atoms with Gasteiger partial charge in [-0.25, -0.2) is 13.1 Å². The summed E-state index contributed by atoms with van der Waals surface area (Å²) in [7, 11) is -3.48. The Labute approximate surface area is 121 Å². The fourth-order valence-corrected chi connectivity index (χ4v) is 3.29. The van der Waals surface area contributed by atoms with E-state index in [1.165, 1.54) is 0 Å². The molecule has 0 fully saturated rings. The SMILES string of the molecule is CCC(C)CC(C)NS(=O)(=O)c1ccc(CC#N)cc1. The average molecular weight is 294 g/mol. The van der Waals surface area contributed by atoms with Crippen molar-refractivity contribution in [2.75, 3.05) is 0 Å². The summed E-state index contributed by atoms with van der Waals surface area (Å²) in [5, 5.41) is 8.59. The lowest BCUT2D eigenvalue weighted by Gasteiger charge is -2.17. The van der Waals surface area contributed by atoms with Crippen LogP contribution in [0.4, 0.5) is 0 Å². The third-order valence-corrected chi connectivity index (χ3v) is 4.93. The Kier molecular flexibility index (Phi) is 6.18. The van der Waals surface area contributed by atoms with E-state index in [-0.39, 0.29) is 17.4 Å². The standard InChI is InChI=1S/C15H22N2O2S/c1-4-12(2)11-13(3)17-20(18,19)15-7-5-14(6-8-15)9-10-16/h5-8,12-13,17H,4,9,11H2,1-3H3. The Morgan fingerprint density at radius 2 is 1.85 bits per heavy atom. The third kappa shape index (κ3) is 4.95. The Bertz CT molecular complexity index is 559. The van der Waals surface area contributed by atoms with Crippen molar-refractivity contribution in [3.8, 4) is 6.07 Å². The first-order valence-corrected chi connectivity index (χ1v) is 8.35. The predicted octanol–water partition coefficient (Wildman–Crippen LogP) is 2.86. The van der Waals surface area contributed by atoms with E-state index < -0.39 is 10.0 Å². The van der Waals surface area contributed by atoms with Crippen LogP contribution in [-0.2, 0) is 16.4 Å². The zero-order valence-corrected chi connectivity index (χ0v) is 13.1. The van der Waals surface area contributed by atoms with Gasteiger partial charge in [0, 0.05) is 6.04 Å². The highest BCUT2D eigenvalue weighted by Gasteiger charge is 2.18. The third-order valence-electron chi connectivity index (χ3n) is 3.33. The van der Waals surface area contributed by atoms with Gasteiger partial charge in [-0.15, -0.1) is 0 Å². The molecule has 20 heavy (non-hydrogen) atoms. The van der Waals surface area contributed by atoms with Gasteiger partial charge in [0.15, 0.2) is 0 Å². The van der Waals surface area contributed by atoms with Gasteiger partial charge in [-0.2, -0.15) is 5.26 Å². The van der Waals surface area contributed by atoms with E-state index in [1.54, 1.807) is 24.3 Å². The van der Waals surface area contributed by atoms with Crippen molar-refractivity contribution in [3.63, 3.8) is 0 Å². The van der Waals surface area contributed by atoms with Crippen molar-refractivity contribution >= 4 is 10.0 Å². The second-order valence-electron chi connectivity index (χ2n) is 5.25. The summed E-state index contributed by atoms with van der Waals surface area (Å²) in [5.41, 5.74) is 0.819. The van der Waals surface area contributed by atoms with Crippen LogP contribution in [0.2, 0.25) is 0 Å². The van der Waals surface area contributed by atoms with Crippen LogP contribution >= 0.6 is 0 Å². The topological polar surface area (TPSA) is 70.0 Å². The lowest BCUT2D eigenvalue weighted by atomic mass is 10.0.